The van der Waals surface area contributed by atoms with Crippen molar-refractivity contribution in [2.75, 3.05) is 20.1 Å². The minimum absolute atomic E-state index is 0.0161. The molecule has 1 aliphatic rings. The number of likely N-dealkylation sites (tertiary alicyclic amines) is 1. The summed E-state index contributed by atoms with van der Waals surface area (Å²) in [6.07, 6.45) is 6.06. The second-order valence-electron chi connectivity index (χ2n) is 5.59. The quantitative estimate of drug-likeness (QED) is 0.930. The fourth-order valence-electron chi connectivity index (χ4n) is 2.57. The van der Waals surface area contributed by atoms with E-state index in [0.29, 0.717) is 17.1 Å². The molecule has 0 radical (unpaired) electrons. The van der Waals surface area contributed by atoms with Crippen LogP contribution in [0.25, 0.3) is 11.5 Å². The Morgan fingerprint density at radius 3 is 2.91 bits per heavy atom. The molecule has 0 aromatic carbocycles. The standard InChI is InChI=1S/C16H20N4O3/c1-20-8-4-12(5-9-20)23-16(21)19-11-13-15(18-7-6-17-13)14-3-2-10-22-14/h2-3,6-7,10,12H,4-5,8-9,11H2,1H3,(H,19,21). The van der Waals surface area contributed by atoms with Crippen molar-refractivity contribution in [3.8, 4) is 11.5 Å². The van der Waals surface area contributed by atoms with Crippen LogP contribution in [-0.4, -0.2) is 47.2 Å². The molecule has 0 atom stereocenters. The monoisotopic (exact) mass is 316 g/mol. The van der Waals surface area contributed by atoms with Crippen LogP contribution in [0.2, 0.25) is 0 Å². The first-order valence-corrected chi connectivity index (χ1v) is 7.69. The Kier molecular flexibility index (Phi) is 4.87. The van der Waals surface area contributed by atoms with Crippen LogP contribution in [0.4, 0.5) is 4.79 Å². The predicted octanol–water partition coefficient (Wildman–Crippen LogP) is 2.06. The molecule has 1 saturated heterocycles. The van der Waals surface area contributed by atoms with Crippen LogP contribution in [0, 0.1) is 0 Å². The van der Waals surface area contributed by atoms with Crippen molar-refractivity contribution in [2.45, 2.75) is 25.5 Å². The highest BCUT2D eigenvalue weighted by Gasteiger charge is 2.20. The number of rotatable bonds is 4. The Morgan fingerprint density at radius 2 is 2.17 bits per heavy atom. The van der Waals surface area contributed by atoms with Crippen LogP contribution >= 0.6 is 0 Å². The van der Waals surface area contributed by atoms with Gasteiger partial charge in [0.2, 0.25) is 0 Å². The third kappa shape index (κ3) is 4.07. The Bertz CT molecular complexity index is 637. The number of hydrogen-bond donors (Lipinski definition) is 1. The SMILES string of the molecule is CN1CCC(OC(=O)NCc2nccnc2-c2ccco2)CC1. The van der Waals surface area contributed by atoms with E-state index in [1.165, 1.54) is 0 Å². The summed E-state index contributed by atoms with van der Waals surface area (Å²) in [5.74, 6) is 0.624. The second kappa shape index (κ2) is 7.23. The molecular weight excluding hydrogens is 296 g/mol. The summed E-state index contributed by atoms with van der Waals surface area (Å²) in [6.45, 7) is 2.14. The number of nitrogens with one attached hydrogen (secondary N) is 1. The van der Waals surface area contributed by atoms with Crippen molar-refractivity contribution in [1.29, 1.82) is 0 Å². The zero-order valence-electron chi connectivity index (χ0n) is 13.1. The molecule has 1 aliphatic heterocycles. The fourth-order valence-corrected chi connectivity index (χ4v) is 2.57. The highest BCUT2D eigenvalue weighted by atomic mass is 16.6. The van der Waals surface area contributed by atoms with Gasteiger partial charge in [0, 0.05) is 25.5 Å². The van der Waals surface area contributed by atoms with Crippen LogP contribution in [0.1, 0.15) is 18.5 Å². The largest absolute Gasteiger partial charge is 0.463 e. The van der Waals surface area contributed by atoms with E-state index in [1.54, 1.807) is 24.7 Å². The normalized spacial score (nSPS) is 16.2. The van der Waals surface area contributed by atoms with Crippen LogP contribution < -0.4 is 5.32 Å². The molecular formula is C16H20N4O3. The number of alkyl carbamates (subject to hydrolysis) is 1. The van der Waals surface area contributed by atoms with E-state index in [-0.39, 0.29) is 12.6 Å². The molecule has 3 heterocycles. The predicted molar refractivity (Wildman–Crippen MR) is 83.6 cm³/mol. The van der Waals surface area contributed by atoms with E-state index in [9.17, 15) is 4.79 Å². The van der Waals surface area contributed by atoms with Crippen LogP contribution in [0.5, 0.6) is 0 Å². The van der Waals surface area contributed by atoms with Crippen molar-refractivity contribution in [2.24, 2.45) is 0 Å². The lowest BCUT2D eigenvalue weighted by molar-refractivity contribution is 0.0568. The molecule has 0 bridgehead atoms. The lowest BCUT2D eigenvalue weighted by atomic mass is 10.1. The molecule has 23 heavy (non-hydrogen) atoms. The van der Waals surface area contributed by atoms with Gasteiger partial charge < -0.3 is 19.4 Å². The molecule has 122 valence electrons. The summed E-state index contributed by atoms with van der Waals surface area (Å²) in [7, 11) is 2.07. The zero-order chi connectivity index (χ0) is 16.1. The third-order valence-corrected chi connectivity index (χ3v) is 3.87. The Hall–Kier alpha value is -2.41. The summed E-state index contributed by atoms with van der Waals surface area (Å²) in [4.78, 5) is 22.7. The van der Waals surface area contributed by atoms with Crippen LogP contribution in [-0.2, 0) is 11.3 Å². The lowest BCUT2D eigenvalue weighted by Crippen LogP contribution is -2.37. The number of ether oxygens (including phenoxy) is 1. The Labute approximate surface area is 134 Å². The van der Waals surface area contributed by atoms with Crippen molar-refractivity contribution in [3.05, 3.63) is 36.5 Å². The molecule has 1 N–H and O–H groups in total. The van der Waals surface area contributed by atoms with Gasteiger partial charge in [-0.3, -0.25) is 4.98 Å². The summed E-state index contributed by atoms with van der Waals surface area (Å²) in [5, 5.41) is 2.74. The van der Waals surface area contributed by atoms with Gasteiger partial charge in [0.25, 0.3) is 0 Å². The third-order valence-electron chi connectivity index (χ3n) is 3.87. The van der Waals surface area contributed by atoms with E-state index >= 15 is 0 Å². The van der Waals surface area contributed by atoms with Gasteiger partial charge in [0.1, 0.15) is 11.8 Å². The average molecular weight is 316 g/mol. The van der Waals surface area contributed by atoms with E-state index in [0.717, 1.165) is 25.9 Å². The van der Waals surface area contributed by atoms with Gasteiger partial charge in [-0.25, -0.2) is 9.78 Å². The summed E-state index contributed by atoms with van der Waals surface area (Å²) in [5.41, 5.74) is 1.26. The number of piperidine rings is 1. The highest BCUT2D eigenvalue weighted by Crippen LogP contribution is 2.20. The molecule has 7 nitrogen and oxygen atoms in total. The van der Waals surface area contributed by atoms with E-state index in [1.807, 2.05) is 6.07 Å². The molecule has 1 fully saturated rings. The minimum Gasteiger partial charge on any atom is -0.463 e. The maximum atomic E-state index is 11.9. The maximum absolute atomic E-state index is 11.9. The maximum Gasteiger partial charge on any atom is 0.407 e. The average Bonchev–Trinajstić information content (AvgIpc) is 3.10. The first-order chi connectivity index (χ1) is 11.2. The first-order valence-electron chi connectivity index (χ1n) is 7.69. The van der Waals surface area contributed by atoms with Gasteiger partial charge in [-0.2, -0.15) is 0 Å². The number of carbonyl (C=O) groups excluding carboxylic acids is 1. The van der Waals surface area contributed by atoms with Gasteiger partial charge >= 0.3 is 6.09 Å². The number of furan rings is 1. The molecule has 0 saturated carbocycles. The highest BCUT2D eigenvalue weighted by molar-refractivity contribution is 5.67. The molecule has 2 aromatic rings. The number of carbonyl (C=O) groups is 1. The van der Waals surface area contributed by atoms with Gasteiger partial charge in [0.15, 0.2) is 5.76 Å². The fraction of sp³-hybridized carbons (Fsp3) is 0.438. The van der Waals surface area contributed by atoms with Crippen LogP contribution in [0.15, 0.2) is 35.2 Å². The van der Waals surface area contributed by atoms with Gasteiger partial charge in [-0.05, 0) is 32.0 Å². The molecule has 1 amide bonds. The second-order valence-corrected chi connectivity index (χ2v) is 5.59. The van der Waals surface area contributed by atoms with Crippen molar-refractivity contribution in [3.63, 3.8) is 0 Å². The van der Waals surface area contributed by atoms with Crippen molar-refractivity contribution in [1.82, 2.24) is 20.2 Å². The van der Waals surface area contributed by atoms with Crippen LogP contribution in [0.3, 0.4) is 0 Å². The summed E-state index contributed by atoms with van der Waals surface area (Å²) < 4.78 is 10.8. The summed E-state index contributed by atoms with van der Waals surface area (Å²) >= 11 is 0. The number of nitrogens with zero attached hydrogens (tertiary/aromatic N) is 3. The zero-order valence-corrected chi connectivity index (χ0v) is 13.1. The smallest absolute Gasteiger partial charge is 0.407 e. The van der Waals surface area contributed by atoms with E-state index in [4.69, 9.17) is 9.15 Å². The molecule has 3 rings (SSSR count). The minimum atomic E-state index is -0.421. The van der Waals surface area contributed by atoms with Gasteiger partial charge in [-0.15, -0.1) is 0 Å². The Morgan fingerprint density at radius 1 is 1.39 bits per heavy atom. The molecule has 0 spiro atoms. The number of hydrogen-bond acceptors (Lipinski definition) is 6. The van der Waals surface area contributed by atoms with Gasteiger partial charge in [-0.1, -0.05) is 0 Å². The van der Waals surface area contributed by atoms with E-state index < -0.39 is 6.09 Å². The van der Waals surface area contributed by atoms with E-state index in [2.05, 4.69) is 27.2 Å². The lowest BCUT2D eigenvalue weighted by Gasteiger charge is -2.28. The van der Waals surface area contributed by atoms with Crippen molar-refractivity contribution < 1.29 is 13.9 Å². The van der Waals surface area contributed by atoms with Crippen molar-refractivity contribution >= 4 is 6.09 Å². The number of aromatic nitrogens is 2. The van der Waals surface area contributed by atoms with Gasteiger partial charge in [0.05, 0.1) is 18.5 Å². The topological polar surface area (TPSA) is 80.5 Å². The first kappa shape index (κ1) is 15.5. The number of amides is 1. The molecule has 7 heteroatoms. The summed E-state index contributed by atoms with van der Waals surface area (Å²) in [6, 6.07) is 3.60. The molecule has 0 aliphatic carbocycles. The molecule has 0 unspecified atom stereocenters. The Balaban J connectivity index is 1.55. The molecule has 2 aromatic heterocycles.